The summed E-state index contributed by atoms with van der Waals surface area (Å²) in [5.74, 6) is 1.53. The normalized spacial score (nSPS) is 17.5. The van der Waals surface area contributed by atoms with E-state index in [1.807, 2.05) is 0 Å². The number of nitrogens with one attached hydrogen (secondary N) is 1. The minimum atomic E-state index is 0.556. The summed E-state index contributed by atoms with van der Waals surface area (Å²) >= 11 is 0. The third-order valence-corrected chi connectivity index (χ3v) is 2.83. The van der Waals surface area contributed by atoms with E-state index >= 15 is 0 Å². The van der Waals surface area contributed by atoms with Crippen LogP contribution >= 0.6 is 0 Å². The summed E-state index contributed by atoms with van der Waals surface area (Å²) in [6.07, 6.45) is 6.82. The third kappa shape index (κ3) is 2.47. The molecule has 0 saturated heterocycles. The van der Waals surface area contributed by atoms with E-state index in [1.54, 1.807) is 6.92 Å². The van der Waals surface area contributed by atoms with Gasteiger partial charge in [0, 0.05) is 13.5 Å². The highest BCUT2D eigenvalue weighted by Crippen LogP contribution is 2.27. The Morgan fingerprint density at radius 1 is 1.36 bits per heavy atom. The first kappa shape index (κ1) is 9.49. The number of hydrogen-bond donors (Lipinski definition) is 1. The largest absolute Gasteiger partial charge is 0.408 e. The maximum absolute atomic E-state index is 5.21. The molecule has 0 aliphatic heterocycles. The summed E-state index contributed by atoms with van der Waals surface area (Å²) in [5, 5.41) is 10.8. The van der Waals surface area contributed by atoms with E-state index in [4.69, 9.17) is 4.42 Å². The molecular weight excluding hydrogens is 178 g/mol. The summed E-state index contributed by atoms with van der Waals surface area (Å²) in [4.78, 5) is 0. The number of hydrogen-bond acceptors (Lipinski definition) is 4. The first-order valence-electron chi connectivity index (χ1n) is 5.38. The van der Waals surface area contributed by atoms with Crippen LogP contribution in [-0.4, -0.2) is 16.7 Å². The van der Waals surface area contributed by atoms with Crippen LogP contribution < -0.4 is 5.32 Å². The van der Waals surface area contributed by atoms with Crippen molar-refractivity contribution in [1.82, 2.24) is 10.2 Å². The summed E-state index contributed by atoms with van der Waals surface area (Å²) < 4.78 is 5.21. The van der Waals surface area contributed by atoms with Gasteiger partial charge in [-0.1, -0.05) is 30.8 Å². The van der Waals surface area contributed by atoms with Gasteiger partial charge in [-0.3, -0.25) is 0 Å². The first-order valence-corrected chi connectivity index (χ1v) is 5.38. The van der Waals surface area contributed by atoms with Crippen LogP contribution in [0.4, 0.5) is 6.01 Å². The van der Waals surface area contributed by atoms with E-state index in [1.165, 1.54) is 32.1 Å². The van der Waals surface area contributed by atoms with Gasteiger partial charge >= 0.3 is 6.01 Å². The van der Waals surface area contributed by atoms with E-state index in [-0.39, 0.29) is 0 Å². The number of anilines is 1. The highest BCUT2D eigenvalue weighted by Gasteiger charge is 2.14. The van der Waals surface area contributed by atoms with Crippen molar-refractivity contribution in [3.63, 3.8) is 0 Å². The first-order chi connectivity index (χ1) is 6.84. The molecule has 1 aliphatic carbocycles. The molecule has 0 atom stereocenters. The van der Waals surface area contributed by atoms with Gasteiger partial charge in [0.15, 0.2) is 0 Å². The molecule has 78 valence electrons. The molecule has 2 rings (SSSR count). The third-order valence-electron chi connectivity index (χ3n) is 2.83. The highest BCUT2D eigenvalue weighted by atomic mass is 16.4. The topological polar surface area (TPSA) is 51.0 Å². The van der Waals surface area contributed by atoms with Crippen LogP contribution in [0.25, 0.3) is 0 Å². The summed E-state index contributed by atoms with van der Waals surface area (Å²) in [6, 6.07) is 0.556. The van der Waals surface area contributed by atoms with Crippen LogP contribution in [0.3, 0.4) is 0 Å². The molecule has 1 aliphatic rings. The molecule has 0 bridgehead atoms. The molecule has 1 aromatic rings. The molecule has 0 amide bonds. The Morgan fingerprint density at radius 3 is 2.79 bits per heavy atom. The monoisotopic (exact) mass is 195 g/mol. The number of nitrogens with zero attached hydrogens (tertiary/aromatic N) is 2. The van der Waals surface area contributed by atoms with Gasteiger partial charge in [-0.25, -0.2) is 0 Å². The summed E-state index contributed by atoms with van der Waals surface area (Å²) in [5.41, 5.74) is 0. The van der Waals surface area contributed by atoms with Crippen molar-refractivity contribution in [3.05, 3.63) is 5.89 Å². The maximum atomic E-state index is 5.21. The molecule has 0 spiro atoms. The smallest absolute Gasteiger partial charge is 0.315 e. The Kier molecular flexibility index (Phi) is 3.01. The van der Waals surface area contributed by atoms with Crippen LogP contribution in [0.5, 0.6) is 0 Å². The Labute approximate surface area is 84.1 Å². The molecule has 1 N–H and O–H groups in total. The minimum Gasteiger partial charge on any atom is -0.408 e. The second kappa shape index (κ2) is 4.44. The average molecular weight is 195 g/mol. The quantitative estimate of drug-likeness (QED) is 0.801. The second-order valence-corrected chi connectivity index (χ2v) is 3.99. The van der Waals surface area contributed by atoms with E-state index in [9.17, 15) is 0 Å². The molecule has 1 fully saturated rings. The Balaban J connectivity index is 1.67. The molecule has 0 radical (unpaired) electrons. The van der Waals surface area contributed by atoms with Gasteiger partial charge < -0.3 is 9.73 Å². The average Bonchev–Trinajstić information content (AvgIpc) is 2.77. The van der Waals surface area contributed by atoms with Gasteiger partial charge in [0.05, 0.1) is 0 Å². The van der Waals surface area contributed by atoms with Crippen molar-refractivity contribution in [2.24, 2.45) is 5.92 Å². The van der Waals surface area contributed by atoms with E-state index in [2.05, 4.69) is 15.5 Å². The lowest BCUT2D eigenvalue weighted by atomic mass is 10.0. The van der Waals surface area contributed by atoms with Gasteiger partial charge in [-0.2, -0.15) is 0 Å². The summed E-state index contributed by atoms with van der Waals surface area (Å²) in [6.45, 7) is 2.75. The zero-order valence-corrected chi connectivity index (χ0v) is 8.62. The molecule has 1 saturated carbocycles. The Morgan fingerprint density at radius 2 is 2.14 bits per heavy atom. The van der Waals surface area contributed by atoms with Gasteiger partial charge in [-0.05, 0) is 12.3 Å². The van der Waals surface area contributed by atoms with Crippen LogP contribution in [0.2, 0.25) is 0 Å². The molecule has 4 nitrogen and oxygen atoms in total. The van der Waals surface area contributed by atoms with Crippen molar-refractivity contribution in [1.29, 1.82) is 0 Å². The van der Waals surface area contributed by atoms with Crippen LogP contribution in [-0.2, 0) is 0 Å². The molecule has 1 aromatic heterocycles. The molecule has 4 heteroatoms. The molecule has 0 unspecified atom stereocenters. The fourth-order valence-corrected chi connectivity index (χ4v) is 2.05. The number of aromatic nitrogens is 2. The zero-order chi connectivity index (χ0) is 9.80. The van der Waals surface area contributed by atoms with Crippen molar-refractivity contribution >= 4 is 6.01 Å². The Bertz CT molecular complexity index is 279. The lowest BCUT2D eigenvalue weighted by Crippen LogP contribution is -2.06. The fraction of sp³-hybridized carbons (Fsp3) is 0.800. The van der Waals surface area contributed by atoms with Gasteiger partial charge in [0.25, 0.3) is 0 Å². The minimum absolute atomic E-state index is 0.556. The van der Waals surface area contributed by atoms with E-state index in [0.717, 1.165) is 12.5 Å². The lowest BCUT2D eigenvalue weighted by molar-refractivity contribution is 0.501. The molecule has 1 heterocycles. The van der Waals surface area contributed by atoms with Gasteiger partial charge in [0.2, 0.25) is 5.89 Å². The standard InChI is InChI=1S/C10H17N3O/c1-8-12-13-10(14-8)11-7-6-9-4-2-3-5-9/h9H,2-7H2,1H3,(H,11,13). The molecule has 14 heavy (non-hydrogen) atoms. The Hall–Kier alpha value is -1.06. The maximum Gasteiger partial charge on any atom is 0.315 e. The van der Waals surface area contributed by atoms with Crippen molar-refractivity contribution in [3.8, 4) is 0 Å². The van der Waals surface area contributed by atoms with Crippen molar-refractivity contribution < 1.29 is 4.42 Å². The SMILES string of the molecule is Cc1nnc(NCCC2CCCC2)o1. The predicted octanol–water partition coefficient (Wildman–Crippen LogP) is 2.37. The van der Waals surface area contributed by atoms with Gasteiger partial charge in [-0.15, -0.1) is 5.10 Å². The number of aryl methyl sites for hydroxylation is 1. The van der Waals surface area contributed by atoms with E-state index in [0.29, 0.717) is 11.9 Å². The number of rotatable bonds is 4. The molecular formula is C10H17N3O. The van der Waals surface area contributed by atoms with Gasteiger partial charge in [0.1, 0.15) is 0 Å². The van der Waals surface area contributed by atoms with Crippen LogP contribution in [0, 0.1) is 12.8 Å². The zero-order valence-electron chi connectivity index (χ0n) is 8.62. The lowest BCUT2D eigenvalue weighted by Gasteiger charge is -2.07. The molecule has 0 aromatic carbocycles. The predicted molar refractivity (Wildman–Crippen MR) is 54.1 cm³/mol. The highest BCUT2D eigenvalue weighted by molar-refractivity contribution is 5.16. The van der Waals surface area contributed by atoms with E-state index < -0.39 is 0 Å². The van der Waals surface area contributed by atoms with Crippen LogP contribution in [0.1, 0.15) is 38.0 Å². The van der Waals surface area contributed by atoms with Crippen molar-refractivity contribution in [2.75, 3.05) is 11.9 Å². The van der Waals surface area contributed by atoms with Crippen molar-refractivity contribution in [2.45, 2.75) is 39.0 Å². The second-order valence-electron chi connectivity index (χ2n) is 3.99. The summed E-state index contributed by atoms with van der Waals surface area (Å²) in [7, 11) is 0. The van der Waals surface area contributed by atoms with Crippen LogP contribution in [0.15, 0.2) is 4.42 Å². The fourth-order valence-electron chi connectivity index (χ4n) is 2.05.